The third-order valence-corrected chi connectivity index (χ3v) is 2.09. The van der Waals surface area contributed by atoms with Gasteiger partial charge in [-0.05, 0) is 6.92 Å². The molecular formula is C8H11F3N2O2. The molecule has 0 aromatic rings. The Bertz CT molecular complexity index is 288. The second-order valence-corrected chi connectivity index (χ2v) is 3.15. The van der Waals surface area contributed by atoms with E-state index in [0.717, 1.165) is 0 Å². The molecule has 0 fully saturated rings. The highest BCUT2D eigenvalue weighted by molar-refractivity contribution is 6.37. The van der Waals surface area contributed by atoms with Crippen molar-refractivity contribution in [3.8, 4) is 0 Å². The van der Waals surface area contributed by atoms with Crippen LogP contribution in [0.4, 0.5) is 13.2 Å². The summed E-state index contributed by atoms with van der Waals surface area (Å²) >= 11 is 0. The van der Waals surface area contributed by atoms with E-state index in [1.165, 1.54) is 6.92 Å². The molecule has 1 heterocycles. The molecule has 0 amide bonds. The Balaban J connectivity index is 2.70. The first kappa shape index (κ1) is 11.8. The Hall–Kier alpha value is -1.27. The molecule has 1 N–H and O–H groups in total. The molecule has 1 aliphatic rings. The molecule has 0 spiro atoms. The van der Waals surface area contributed by atoms with Crippen LogP contribution in [0.5, 0.6) is 0 Å². The molecule has 2 unspecified atom stereocenters. The monoisotopic (exact) mass is 224 g/mol. The van der Waals surface area contributed by atoms with Crippen LogP contribution in [-0.2, 0) is 9.53 Å². The van der Waals surface area contributed by atoms with Crippen LogP contribution in [0.2, 0.25) is 0 Å². The van der Waals surface area contributed by atoms with E-state index in [0.29, 0.717) is 0 Å². The average Bonchev–Trinajstić information content (AvgIpc) is 2.46. The third kappa shape index (κ3) is 2.40. The zero-order chi connectivity index (χ0) is 11.6. The van der Waals surface area contributed by atoms with E-state index in [1.54, 1.807) is 6.92 Å². The van der Waals surface area contributed by atoms with Crippen LogP contribution in [0.25, 0.3) is 0 Å². The number of carbonyl (C=O) groups is 1. The molecule has 0 bridgehead atoms. The number of ether oxygens (including phenoxy) is 1. The Morgan fingerprint density at radius 3 is 2.60 bits per heavy atom. The Labute approximate surface area is 84.5 Å². The summed E-state index contributed by atoms with van der Waals surface area (Å²) in [6.07, 6.45) is -4.42. The molecule has 4 nitrogen and oxygen atoms in total. The number of rotatable bonds is 2. The van der Waals surface area contributed by atoms with Gasteiger partial charge in [-0.15, -0.1) is 0 Å². The van der Waals surface area contributed by atoms with Crippen LogP contribution >= 0.6 is 0 Å². The van der Waals surface area contributed by atoms with Crippen molar-refractivity contribution in [2.24, 2.45) is 11.0 Å². The predicted octanol–water partition coefficient (Wildman–Crippen LogP) is 1.08. The molecule has 0 radical (unpaired) electrons. The zero-order valence-corrected chi connectivity index (χ0v) is 8.26. The molecule has 86 valence electrons. The van der Waals surface area contributed by atoms with E-state index in [9.17, 15) is 18.0 Å². The summed E-state index contributed by atoms with van der Waals surface area (Å²) in [5, 5.41) is 3.36. The molecule has 0 saturated carbocycles. The van der Waals surface area contributed by atoms with Gasteiger partial charge in [-0.25, -0.2) is 4.79 Å². The Kier molecular flexibility index (Phi) is 3.21. The first-order valence-electron chi connectivity index (χ1n) is 4.44. The van der Waals surface area contributed by atoms with Crippen LogP contribution in [0, 0.1) is 5.92 Å². The third-order valence-electron chi connectivity index (χ3n) is 2.09. The number of esters is 1. The fourth-order valence-electron chi connectivity index (χ4n) is 1.30. The molecule has 0 aliphatic carbocycles. The van der Waals surface area contributed by atoms with E-state index < -0.39 is 24.1 Å². The largest absolute Gasteiger partial charge is 0.461 e. The van der Waals surface area contributed by atoms with Gasteiger partial charge in [0, 0.05) is 5.92 Å². The quantitative estimate of drug-likeness (QED) is 0.714. The van der Waals surface area contributed by atoms with E-state index in [2.05, 4.69) is 9.84 Å². The first-order chi connectivity index (χ1) is 6.88. The van der Waals surface area contributed by atoms with E-state index in [1.807, 2.05) is 5.43 Å². The van der Waals surface area contributed by atoms with Crippen LogP contribution < -0.4 is 5.43 Å². The molecule has 0 saturated heterocycles. The highest BCUT2D eigenvalue weighted by atomic mass is 19.4. The van der Waals surface area contributed by atoms with Gasteiger partial charge < -0.3 is 4.74 Å². The maximum absolute atomic E-state index is 12.3. The topological polar surface area (TPSA) is 50.7 Å². The summed E-state index contributed by atoms with van der Waals surface area (Å²) in [5.41, 5.74) is 1.69. The number of hydrogen-bond donors (Lipinski definition) is 1. The molecule has 0 aromatic heterocycles. The second-order valence-electron chi connectivity index (χ2n) is 3.15. The minimum Gasteiger partial charge on any atom is -0.461 e. The minimum absolute atomic E-state index is 0.112. The number of hydrazone groups is 1. The van der Waals surface area contributed by atoms with E-state index in [-0.39, 0.29) is 12.3 Å². The molecule has 0 aromatic carbocycles. The van der Waals surface area contributed by atoms with Crippen molar-refractivity contribution in [2.75, 3.05) is 6.61 Å². The summed E-state index contributed by atoms with van der Waals surface area (Å²) in [5.74, 6) is -1.83. The van der Waals surface area contributed by atoms with Crippen molar-refractivity contribution < 1.29 is 22.7 Å². The molecule has 15 heavy (non-hydrogen) atoms. The van der Waals surface area contributed by atoms with Gasteiger partial charge in [-0.3, -0.25) is 5.43 Å². The molecular weight excluding hydrogens is 213 g/mol. The Morgan fingerprint density at radius 1 is 1.60 bits per heavy atom. The van der Waals surface area contributed by atoms with Crippen molar-refractivity contribution in [1.82, 2.24) is 5.43 Å². The highest BCUT2D eigenvalue weighted by Crippen LogP contribution is 2.29. The smallest absolute Gasteiger partial charge is 0.410 e. The van der Waals surface area contributed by atoms with Crippen molar-refractivity contribution in [3.63, 3.8) is 0 Å². The second kappa shape index (κ2) is 4.08. The number of halogens is 3. The van der Waals surface area contributed by atoms with E-state index >= 15 is 0 Å². The highest BCUT2D eigenvalue weighted by Gasteiger charge is 2.49. The van der Waals surface area contributed by atoms with Crippen LogP contribution in [0.3, 0.4) is 0 Å². The summed E-state index contributed by atoms with van der Waals surface area (Å²) in [6.45, 7) is 2.97. The fraction of sp³-hybridized carbons (Fsp3) is 0.750. The maximum atomic E-state index is 12.3. The normalized spacial score (nSPS) is 25.8. The van der Waals surface area contributed by atoms with Crippen molar-refractivity contribution >= 4 is 11.7 Å². The van der Waals surface area contributed by atoms with Gasteiger partial charge >= 0.3 is 12.1 Å². The number of nitrogens with zero attached hydrogens (tertiary/aromatic N) is 1. The lowest BCUT2D eigenvalue weighted by Crippen LogP contribution is -2.42. The van der Waals surface area contributed by atoms with Gasteiger partial charge in [0.2, 0.25) is 0 Å². The number of nitrogens with one attached hydrogen (secondary N) is 1. The molecule has 2 atom stereocenters. The lowest BCUT2D eigenvalue weighted by Gasteiger charge is -2.18. The lowest BCUT2D eigenvalue weighted by atomic mass is 9.98. The fourth-order valence-corrected chi connectivity index (χ4v) is 1.30. The minimum atomic E-state index is -4.42. The SMILES string of the molecule is CCOC(=O)C1=NNC(C(F)(F)F)C1C. The zero-order valence-electron chi connectivity index (χ0n) is 8.26. The summed E-state index contributed by atoms with van der Waals surface area (Å²) in [7, 11) is 0. The van der Waals surface area contributed by atoms with Crippen LogP contribution in [0.1, 0.15) is 13.8 Å². The lowest BCUT2D eigenvalue weighted by molar-refractivity contribution is -0.159. The molecule has 1 rings (SSSR count). The van der Waals surface area contributed by atoms with Crippen molar-refractivity contribution in [1.29, 1.82) is 0 Å². The van der Waals surface area contributed by atoms with Gasteiger partial charge in [-0.1, -0.05) is 6.92 Å². The predicted molar refractivity (Wildman–Crippen MR) is 46.2 cm³/mol. The maximum Gasteiger partial charge on any atom is 0.410 e. The van der Waals surface area contributed by atoms with E-state index in [4.69, 9.17) is 0 Å². The number of carbonyl (C=O) groups excluding carboxylic acids is 1. The summed E-state index contributed by atoms with van der Waals surface area (Å²) in [6, 6.07) is -1.81. The van der Waals surface area contributed by atoms with Gasteiger partial charge in [0.15, 0.2) is 5.71 Å². The average molecular weight is 224 g/mol. The van der Waals surface area contributed by atoms with Gasteiger partial charge in [0.25, 0.3) is 0 Å². The van der Waals surface area contributed by atoms with Crippen molar-refractivity contribution in [3.05, 3.63) is 0 Å². The van der Waals surface area contributed by atoms with Gasteiger partial charge in [0.1, 0.15) is 6.04 Å². The number of hydrogen-bond acceptors (Lipinski definition) is 4. The van der Waals surface area contributed by atoms with Crippen LogP contribution in [-0.4, -0.2) is 30.5 Å². The molecule has 1 aliphatic heterocycles. The van der Waals surface area contributed by atoms with Gasteiger partial charge in [-0.2, -0.15) is 18.3 Å². The Morgan fingerprint density at radius 2 is 2.20 bits per heavy atom. The summed E-state index contributed by atoms with van der Waals surface area (Å²) < 4.78 is 41.6. The summed E-state index contributed by atoms with van der Waals surface area (Å²) in [4.78, 5) is 11.2. The number of alkyl halides is 3. The van der Waals surface area contributed by atoms with Crippen LogP contribution in [0.15, 0.2) is 5.10 Å². The standard InChI is InChI=1S/C8H11F3N2O2/c1-3-15-7(14)5-4(2)6(13-12-5)8(9,10)11/h4,6,13H,3H2,1-2H3. The van der Waals surface area contributed by atoms with Gasteiger partial charge in [0.05, 0.1) is 6.61 Å². The van der Waals surface area contributed by atoms with Crippen molar-refractivity contribution in [2.45, 2.75) is 26.1 Å². The first-order valence-corrected chi connectivity index (χ1v) is 4.44. The molecule has 7 heteroatoms.